The number of aromatic nitrogens is 2. The molecule has 2 N–H and O–H groups in total. The summed E-state index contributed by atoms with van der Waals surface area (Å²) in [5.74, 6) is 0.985. The lowest BCUT2D eigenvalue weighted by Gasteiger charge is -2.25. The van der Waals surface area contributed by atoms with Crippen LogP contribution in [-0.2, 0) is 5.54 Å². The van der Waals surface area contributed by atoms with E-state index < -0.39 is 0 Å². The van der Waals surface area contributed by atoms with Crippen LogP contribution in [-0.4, -0.2) is 15.1 Å². The minimum Gasteiger partial charge on any atom is -0.508 e. The molecule has 1 aromatic carbocycles. The Morgan fingerprint density at radius 1 is 1.15 bits per heavy atom. The van der Waals surface area contributed by atoms with Gasteiger partial charge in [-0.05, 0) is 37.4 Å². The second kappa shape index (κ2) is 4.76. The Hall–Kier alpha value is -2.14. The quantitative estimate of drug-likeness (QED) is 0.769. The number of hydrogen-bond donors (Lipinski definition) is 2. The molecule has 0 aliphatic heterocycles. The molecule has 2 aromatic heterocycles. The standard InChI is InChI=1S/C15H15N3OS/c1-15(2,14-17-7-8-20-14)18-13-12-9-11(19)4-3-10(12)5-6-16-13/h3-9,19H,1-2H3,(H,16,18). The first-order valence-electron chi connectivity index (χ1n) is 6.32. The minimum atomic E-state index is -0.319. The van der Waals surface area contributed by atoms with Crippen molar-refractivity contribution in [1.82, 2.24) is 9.97 Å². The predicted octanol–water partition coefficient (Wildman–Crippen LogP) is 3.74. The van der Waals surface area contributed by atoms with Crippen LogP contribution in [0.15, 0.2) is 42.0 Å². The highest BCUT2D eigenvalue weighted by atomic mass is 32.1. The highest BCUT2D eigenvalue weighted by Gasteiger charge is 2.24. The van der Waals surface area contributed by atoms with E-state index in [-0.39, 0.29) is 11.3 Å². The number of nitrogens with zero attached hydrogens (tertiary/aromatic N) is 2. The maximum Gasteiger partial charge on any atom is 0.134 e. The Morgan fingerprint density at radius 2 is 2.00 bits per heavy atom. The first kappa shape index (κ1) is 12.9. The maximum atomic E-state index is 9.67. The van der Waals surface area contributed by atoms with Gasteiger partial charge in [-0.2, -0.15) is 0 Å². The van der Waals surface area contributed by atoms with Crippen LogP contribution in [0.4, 0.5) is 5.82 Å². The Morgan fingerprint density at radius 3 is 2.75 bits per heavy atom. The third-order valence-electron chi connectivity index (χ3n) is 3.15. The number of phenolic OH excluding ortho intramolecular Hbond substituents is 1. The monoisotopic (exact) mass is 285 g/mol. The van der Waals surface area contributed by atoms with Crippen molar-refractivity contribution in [2.24, 2.45) is 0 Å². The van der Waals surface area contributed by atoms with E-state index >= 15 is 0 Å². The average Bonchev–Trinajstić information content (AvgIpc) is 2.94. The number of hydrogen-bond acceptors (Lipinski definition) is 5. The largest absolute Gasteiger partial charge is 0.508 e. The summed E-state index contributed by atoms with van der Waals surface area (Å²) in [6.07, 6.45) is 3.56. The Balaban J connectivity index is 2.05. The van der Waals surface area contributed by atoms with Crippen molar-refractivity contribution < 1.29 is 5.11 Å². The van der Waals surface area contributed by atoms with Gasteiger partial charge in [0.1, 0.15) is 16.6 Å². The van der Waals surface area contributed by atoms with Crippen molar-refractivity contribution in [2.75, 3.05) is 5.32 Å². The lowest BCUT2D eigenvalue weighted by atomic mass is 10.1. The van der Waals surface area contributed by atoms with Crippen LogP contribution in [0.2, 0.25) is 0 Å². The molecule has 0 spiro atoms. The van der Waals surface area contributed by atoms with Gasteiger partial charge in [0, 0.05) is 23.2 Å². The smallest absolute Gasteiger partial charge is 0.134 e. The predicted molar refractivity (Wildman–Crippen MR) is 82.2 cm³/mol. The molecular weight excluding hydrogens is 270 g/mol. The Labute approximate surface area is 121 Å². The molecule has 0 aliphatic rings. The lowest BCUT2D eigenvalue weighted by Crippen LogP contribution is -2.28. The molecule has 2 heterocycles. The molecule has 3 rings (SSSR count). The van der Waals surface area contributed by atoms with E-state index in [0.29, 0.717) is 0 Å². The number of rotatable bonds is 3. The first-order valence-corrected chi connectivity index (χ1v) is 7.20. The number of nitrogens with one attached hydrogen (secondary N) is 1. The third kappa shape index (κ3) is 2.32. The van der Waals surface area contributed by atoms with Crippen LogP contribution in [0, 0.1) is 0 Å². The fourth-order valence-corrected chi connectivity index (χ4v) is 2.86. The van der Waals surface area contributed by atoms with Crippen molar-refractivity contribution in [3.05, 3.63) is 47.0 Å². The summed E-state index contributed by atoms with van der Waals surface area (Å²) in [5, 5.41) is 18.0. The molecule has 0 amide bonds. The van der Waals surface area contributed by atoms with Gasteiger partial charge in [-0.3, -0.25) is 0 Å². The summed E-state index contributed by atoms with van der Waals surface area (Å²) in [4.78, 5) is 8.76. The molecule has 0 radical (unpaired) electrons. The Bertz CT molecular complexity index is 738. The molecule has 0 bridgehead atoms. The van der Waals surface area contributed by atoms with Crippen molar-refractivity contribution in [2.45, 2.75) is 19.4 Å². The molecule has 0 saturated carbocycles. The molecule has 4 nitrogen and oxygen atoms in total. The molecule has 20 heavy (non-hydrogen) atoms. The summed E-state index contributed by atoms with van der Waals surface area (Å²) >= 11 is 1.61. The zero-order valence-corrected chi connectivity index (χ0v) is 12.1. The van der Waals surface area contributed by atoms with Gasteiger partial charge in [-0.15, -0.1) is 11.3 Å². The molecule has 0 unspecified atom stereocenters. The zero-order valence-electron chi connectivity index (χ0n) is 11.3. The van der Waals surface area contributed by atoms with E-state index in [0.717, 1.165) is 21.6 Å². The van der Waals surface area contributed by atoms with E-state index in [1.165, 1.54) is 0 Å². The summed E-state index contributed by atoms with van der Waals surface area (Å²) in [6.45, 7) is 4.13. The minimum absolute atomic E-state index is 0.237. The van der Waals surface area contributed by atoms with E-state index in [2.05, 4.69) is 29.1 Å². The van der Waals surface area contributed by atoms with Crippen LogP contribution in [0.5, 0.6) is 5.75 Å². The number of benzene rings is 1. The number of fused-ring (bicyclic) bond motifs is 1. The number of pyridine rings is 1. The first-order chi connectivity index (χ1) is 9.56. The fraction of sp³-hybridized carbons (Fsp3) is 0.200. The molecule has 0 fully saturated rings. The van der Waals surface area contributed by atoms with Crippen LogP contribution in [0.1, 0.15) is 18.9 Å². The highest BCUT2D eigenvalue weighted by molar-refractivity contribution is 7.09. The summed E-state index contributed by atoms with van der Waals surface area (Å²) in [6, 6.07) is 7.21. The van der Waals surface area contributed by atoms with E-state index in [1.54, 1.807) is 35.9 Å². The van der Waals surface area contributed by atoms with Crippen LogP contribution < -0.4 is 5.32 Å². The second-order valence-corrected chi connectivity index (χ2v) is 6.05. The van der Waals surface area contributed by atoms with Crippen molar-refractivity contribution in [3.8, 4) is 5.75 Å². The van der Waals surface area contributed by atoms with Crippen molar-refractivity contribution in [3.63, 3.8) is 0 Å². The highest BCUT2D eigenvalue weighted by Crippen LogP contribution is 2.31. The van der Waals surface area contributed by atoms with Crippen LogP contribution >= 0.6 is 11.3 Å². The van der Waals surface area contributed by atoms with Gasteiger partial charge >= 0.3 is 0 Å². The molecule has 102 valence electrons. The number of anilines is 1. The normalized spacial score (nSPS) is 11.7. The zero-order chi connectivity index (χ0) is 14.2. The average molecular weight is 285 g/mol. The molecule has 3 aromatic rings. The van der Waals surface area contributed by atoms with Gasteiger partial charge in [0.25, 0.3) is 0 Å². The van der Waals surface area contributed by atoms with Gasteiger partial charge < -0.3 is 10.4 Å². The van der Waals surface area contributed by atoms with Gasteiger partial charge in [-0.25, -0.2) is 9.97 Å². The van der Waals surface area contributed by atoms with E-state index in [1.807, 2.05) is 17.5 Å². The fourth-order valence-electron chi connectivity index (χ4n) is 2.14. The van der Waals surface area contributed by atoms with Crippen molar-refractivity contribution >= 4 is 27.9 Å². The molecule has 0 atom stereocenters. The summed E-state index contributed by atoms with van der Waals surface area (Å²) in [5.41, 5.74) is -0.319. The van der Waals surface area contributed by atoms with Gasteiger partial charge in [0.2, 0.25) is 0 Å². The maximum absolute atomic E-state index is 9.67. The third-order valence-corrected chi connectivity index (χ3v) is 4.24. The van der Waals surface area contributed by atoms with Crippen molar-refractivity contribution in [1.29, 1.82) is 0 Å². The second-order valence-electron chi connectivity index (χ2n) is 5.15. The Kier molecular flexibility index (Phi) is 3.06. The van der Waals surface area contributed by atoms with Gasteiger partial charge in [-0.1, -0.05) is 6.07 Å². The molecule has 0 saturated heterocycles. The SMILES string of the molecule is CC(C)(Nc1nccc2ccc(O)cc12)c1nccs1. The number of phenols is 1. The molecule has 0 aliphatic carbocycles. The summed E-state index contributed by atoms with van der Waals surface area (Å²) in [7, 11) is 0. The van der Waals surface area contributed by atoms with E-state index in [4.69, 9.17) is 0 Å². The van der Waals surface area contributed by atoms with Gasteiger partial charge in [0.05, 0.1) is 5.54 Å². The van der Waals surface area contributed by atoms with Crippen LogP contribution in [0.25, 0.3) is 10.8 Å². The molecular formula is C15H15N3OS. The van der Waals surface area contributed by atoms with E-state index in [9.17, 15) is 5.11 Å². The topological polar surface area (TPSA) is 58.0 Å². The number of thiazole rings is 1. The number of aromatic hydroxyl groups is 1. The van der Waals surface area contributed by atoms with Gasteiger partial charge in [0.15, 0.2) is 0 Å². The lowest BCUT2D eigenvalue weighted by molar-refractivity contribution is 0.476. The molecule has 5 heteroatoms. The van der Waals surface area contributed by atoms with Crippen LogP contribution in [0.3, 0.4) is 0 Å². The summed E-state index contributed by atoms with van der Waals surface area (Å²) < 4.78 is 0.